The van der Waals surface area contributed by atoms with Gasteiger partial charge in [0, 0.05) is 37.9 Å². The largest absolute Gasteiger partial charge is 0.306 e. The Morgan fingerprint density at radius 2 is 2.09 bits per heavy atom. The number of nitrogens with zero attached hydrogens (tertiary/aromatic N) is 4. The lowest BCUT2D eigenvalue weighted by Gasteiger charge is -2.41. The van der Waals surface area contributed by atoms with Gasteiger partial charge in [-0.1, -0.05) is 12.2 Å². The van der Waals surface area contributed by atoms with Crippen LogP contribution in [-0.4, -0.2) is 53.3 Å². The molecular weight excluding hydrogens is 284 g/mol. The summed E-state index contributed by atoms with van der Waals surface area (Å²) in [5.74, 6) is 1.56. The molecule has 3 rings (SSSR count). The third-order valence-corrected chi connectivity index (χ3v) is 5.57. The molecule has 128 valence electrons. The Bertz CT molecular complexity index is 521. The number of hydrogen-bond donors (Lipinski definition) is 0. The molecule has 1 unspecified atom stereocenters. The molecule has 23 heavy (non-hydrogen) atoms. The zero-order valence-electron chi connectivity index (χ0n) is 15.0. The lowest BCUT2D eigenvalue weighted by molar-refractivity contribution is 0.0893. The van der Waals surface area contributed by atoms with Crippen molar-refractivity contribution in [2.24, 2.45) is 18.9 Å². The van der Waals surface area contributed by atoms with Gasteiger partial charge in [-0.25, -0.2) is 0 Å². The number of aromatic nitrogens is 2. The van der Waals surface area contributed by atoms with Crippen LogP contribution in [-0.2, 0) is 7.05 Å². The minimum atomic E-state index is 0.520. The van der Waals surface area contributed by atoms with E-state index in [0.717, 1.165) is 5.92 Å². The van der Waals surface area contributed by atoms with Crippen molar-refractivity contribution in [2.75, 3.05) is 33.7 Å². The Balaban J connectivity index is 1.62. The van der Waals surface area contributed by atoms with Crippen LogP contribution in [0.1, 0.15) is 43.7 Å². The molecule has 1 aliphatic carbocycles. The summed E-state index contributed by atoms with van der Waals surface area (Å²) in [6.07, 6.45) is 15.5. The molecule has 1 aromatic heterocycles. The van der Waals surface area contributed by atoms with Crippen molar-refractivity contribution >= 4 is 0 Å². The van der Waals surface area contributed by atoms with Crippen molar-refractivity contribution in [3.05, 3.63) is 30.1 Å². The van der Waals surface area contributed by atoms with Crippen LogP contribution in [0.25, 0.3) is 0 Å². The quantitative estimate of drug-likeness (QED) is 0.780. The van der Waals surface area contributed by atoms with E-state index in [1.54, 1.807) is 0 Å². The van der Waals surface area contributed by atoms with Crippen molar-refractivity contribution in [2.45, 2.75) is 38.1 Å². The third kappa shape index (κ3) is 4.24. The van der Waals surface area contributed by atoms with Gasteiger partial charge in [0.15, 0.2) is 0 Å². The fourth-order valence-corrected chi connectivity index (χ4v) is 4.51. The number of likely N-dealkylation sites (tertiary alicyclic amines) is 1. The SMILES string of the molecule is CN(CC1CC=CCC1)C[C@@H]1CCCN(C)[C@H]1c1cnn(C)c1. The highest BCUT2D eigenvalue weighted by atomic mass is 15.3. The molecule has 0 saturated carbocycles. The van der Waals surface area contributed by atoms with E-state index >= 15 is 0 Å². The Morgan fingerprint density at radius 3 is 2.78 bits per heavy atom. The molecule has 2 aliphatic rings. The van der Waals surface area contributed by atoms with E-state index in [2.05, 4.69) is 53.5 Å². The predicted octanol–water partition coefficient (Wildman–Crippen LogP) is 3.09. The number of aryl methyl sites for hydroxylation is 1. The monoisotopic (exact) mass is 316 g/mol. The number of hydrogen-bond acceptors (Lipinski definition) is 3. The maximum atomic E-state index is 4.40. The average molecular weight is 316 g/mol. The topological polar surface area (TPSA) is 24.3 Å². The minimum absolute atomic E-state index is 0.520. The second-order valence-electron chi connectivity index (χ2n) is 7.65. The zero-order valence-corrected chi connectivity index (χ0v) is 15.0. The molecule has 1 saturated heterocycles. The van der Waals surface area contributed by atoms with Crippen LogP contribution in [0, 0.1) is 11.8 Å². The summed E-state index contributed by atoms with van der Waals surface area (Å²) < 4.78 is 1.94. The van der Waals surface area contributed by atoms with E-state index < -0.39 is 0 Å². The molecule has 4 heteroatoms. The summed E-state index contributed by atoms with van der Waals surface area (Å²) in [5, 5.41) is 4.40. The van der Waals surface area contributed by atoms with Gasteiger partial charge in [-0.2, -0.15) is 5.10 Å². The van der Waals surface area contributed by atoms with Crippen molar-refractivity contribution in [1.82, 2.24) is 19.6 Å². The van der Waals surface area contributed by atoms with Gasteiger partial charge >= 0.3 is 0 Å². The number of allylic oxidation sites excluding steroid dienone is 2. The molecule has 1 aliphatic heterocycles. The first-order chi connectivity index (χ1) is 11.1. The molecule has 1 fully saturated rings. The zero-order chi connectivity index (χ0) is 16.2. The fourth-order valence-electron chi connectivity index (χ4n) is 4.51. The second kappa shape index (κ2) is 7.63. The van der Waals surface area contributed by atoms with Crippen LogP contribution in [0.4, 0.5) is 0 Å². The van der Waals surface area contributed by atoms with Gasteiger partial charge in [-0.15, -0.1) is 0 Å². The first-order valence-corrected chi connectivity index (χ1v) is 9.16. The lowest BCUT2D eigenvalue weighted by Crippen LogP contribution is -2.41. The van der Waals surface area contributed by atoms with Crippen LogP contribution >= 0.6 is 0 Å². The van der Waals surface area contributed by atoms with Crippen LogP contribution in [0.2, 0.25) is 0 Å². The highest BCUT2D eigenvalue weighted by Crippen LogP contribution is 2.35. The molecule has 0 N–H and O–H groups in total. The fraction of sp³-hybridized carbons (Fsp3) is 0.737. The standard InChI is InChI=1S/C19H32N4/c1-21(13-16-8-5-4-6-9-16)14-17-10-7-11-22(2)19(17)18-12-20-23(3)15-18/h4-5,12,15-17,19H,6-11,13-14H2,1-3H3/t16?,17-,19+/m0/s1. The minimum Gasteiger partial charge on any atom is -0.306 e. The maximum absolute atomic E-state index is 4.40. The van der Waals surface area contributed by atoms with E-state index in [4.69, 9.17) is 0 Å². The Kier molecular flexibility index (Phi) is 5.54. The van der Waals surface area contributed by atoms with Gasteiger partial charge in [0.25, 0.3) is 0 Å². The highest BCUT2D eigenvalue weighted by Gasteiger charge is 2.32. The van der Waals surface area contributed by atoms with Crippen molar-refractivity contribution in [3.8, 4) is 0 Å². The molecule has 0 bridgehead atoms. The average Bonchev–Trinajstić information content (AvgIpc) is 2.94. The van der Waals surface area contributed by atoms with E-state index in [1.807, 2.05) is 11.7 Å². The Labute approximate surface area is 141 Å². The van der Waals surface area contributed by atoms with Gasteiger partial charge < -0.3 is 4.90 Å². The smallest absolute Gasteiger partial charge is 0.0537 e. The lowest BCUT2D eigenvalue weighted by atomic mass is 9.85. The molecule has 0 aromatic carbocycles. The normalized spacial score (nSPS) is 29.3. The summed E-state index contributed by atoms with van der Waals surface area (Å²) in [7, 11) is 6.60. The van der Waals surface area contributed by atoms with E-state index in [1.165, 1.54) is 57.3 Å². The maximum Gasteiger partial charge on any atom is 0.0537 e. The summed E-state index contributed by atoms with van der Waals surface area (Å²) in [5.41, 5.74) is 1.38. The molecule has 4 nitrogen and oxygen atoms in total. The molecule has 0 amide bonds. The van der Waals surface area contributed by atoms with Crippen LogP contribution in [0.5, 0.6) is 0 Å². The predicted molar refractivity (Wildman–Crippen MR) is 95.3 cm³/mol. The Hall–Kier alpha value is -1.13. The summed E-state index contributed by atoms with van der Waals surface area (Å²) >= 11 is 0. The van der Waals surface area contributed by atoms with Crippen molar-refractivity contribution < 1.29 is 0 Å². The summed E-state index contributed by atoms with van der Waals surface area (Å²) in [4.78, 5) is 5.11. The van der Waals surface area contributed by atoms with Gasteiger partial charge in [0.05, 0.1) is 6.20 Å². The first-order valence-electron chi connectivity index (χ1n) is 9.16. The summed E-state index contributed by atoms with van der Waals surface area (Å²) in [6, 6.07) is 0.520. The van der Waals surface area contributed by atoms with Crippen LogP contribution in [0.15, 0.2) is 24.5 Å². The summed E-state index contributed by atoms with van der Waals surface area (Å²) in [6.45, 7) is 3.64. The Morgan fingerprint density at radius 1 is 1.22 bits per heavy atom. The molecule has 2 heterocycles. The third-order valence-electron chi connectivity index (χ3n) is 5.57. The van der Waals surface area contributed by atoms with Crippen molar-refractivity contribution in [1.29, 1.82) is 0 Å². The number of rotatable bonds is 5. The van der Waals surface area contributed by atoms with Gasteiger partial charge in [0.1, 0.15) is 0 Å². The molecule has 0 radical (unpaired) electrons. The van der Waals surface area contributed by atoms with Gasteiger partial charge in [0.2, 0.25) is 0 Å². The van der Waals surface area contributed by atoms with Crippen LogP contribution in [0.3, 0.4) is 0 Å². The number of piperidine rings is 1. The molecule has 3 atom stereocenters. The highest BCUT2D eigenvalue weighted by molar-refractivity contribution is 5.13. The van der Waals surface area contributed by atoms with Gasteiger partial charge in [-0.05, 0) is 64.6 Å². The van der Waals surface area contributed by atoms with E-state index in [-0.39, 0.29) is 0 Å². The first kappa shape index (κ1) is 16.7. The second-order valence-corrected chi connectivity index (χ2v) is 7.65. The van der Waals surface area contributed by atoms with Crippen molar-refractivity contribution in [3.63, 3.8) is 0 Å². The molecular formula is C19H32N4. The molecule has 0 spiro atoms. The van der Waals surface area contributed by atoms with E-state index in [0.29, 0.717) is 12.0 Å². The molecule has 1 aromatic rings. The van der Waals surface area contributed by atoms with E-state index in [9.17, 15) is 0 Å². The van der Waals surface area contributed by atoms with Crippen LogP contribution < -0.4 is 0 Å². The van der Waals surface area contributed by atoms with Gasteiger partial charge in [-0.3, -0.25) is 9.58 Å².